The third-order valence-corrected chi connectivity index (χ3v) is 2.57. The van der Waals surface area contributed by atoms with E-state index in [0.29, 0.717) is 0 Å². The predicted octanol–water partition coefficient (Wildman–Crippen LogP) is 1.62. The van der Waals surface area contributed by atoms with E-state index in [-0.39, 0.29) is 17.6 Å². The molecule has 0 amide bonds. The van der Waals surface area contributed by atoms with E-state index in [9.17, 15) is 14.9 Å². The van der Waals surface area contributed by atoms with Gasteiger partial charge in [0.05, 0.1) is 18.1 Å². The number of alkyl halides is 1. The summed E-state index contributed by atoms with van der Waals surface area (Å²) in [4.78, 5) is 19.0. The number of carboxylic acid groups (broad SMARTS) is 1. The highest BCUT2D eigenvalue weighted by atomic mass is 35.5. The summed E-state index contributed by atoms with van der Waals surface area (Å²) in [5, 5.41) is 28.1. The van der Waals surface area contributed by atoms with Crippen molar-refractivity contribution in [3.8, 4) is 6.07 Å². The number of hydrogen-bond donors (Lipinski definition) is 1. The van der Waals surface area contributed by atoms with E-state index in [1.54, 1.807) is 6.07 Å². The first-order valence-corrected chi connectivity index (χ1v) is 4.84. The molecule has 0 aromatic heterocycles. The van der Waals surface area contributed by atoms with Crippen molar-refractivity contribution in [2.75, 3.05) is 0 Å². The van der Waals surface area contributed by atoms with Gasteiger partial charge in [-0.3, -0.25) is 10.1 Å². The van der Waals surface area contributed by atoms with Crippen molar-refractivity contribution in [2.24, 2.45) is 0 Å². The molecule has 1 rings (SSSR count). The number of nitro groups is 1. The molecule has 0 aromatic rings. The fourth-order valence-corrected chi connectivity index (χ4v) is 1.58. The van der Waals surface area contributed by atoms with Crippen LogP contribution in [0.3, 0.4) is 0 Å². The number of carboxylic acids is 1. The molecule has 0 aliphatic heterocycles. The fraction of sp³-hybridized carbons (Fsp3) is 0.200. The maximum atomic E-state index is 10.9. The summed E-state index contributed by atoms with van der Waals surface area (Å²) < 4.78 is 0. The number of halogens is 1. The standard InChI is InChI=1S/C10H7ClN2O4/c11-10(13(16)17)4-1-2-7(6-10)8(3-5-12)9(14)15/h1-4H,6H2,(H,14,15). The summed E-state index contributed by atoms with van der Waals surface area (Å²) in [6, 6.07) is 1.58. The lowest BCUT2D eigenvalue weighted by Crippen LogP contribution is -2.32. The molecule has 1 aliphatic rings. The molecule has 0 saturated heterocycles. The van der Waals surface area contributed by atoms with Gasteiger partial charge in [0, 0.05) is 17.1 Å². The van der Waals surface area contributed by atoms with Gasteiger partial charge in [-0.05, 0) is 17.2 Å². The zero-order valence-electron chi connectivity index (χ0n) is 8.46. The maximum Gasteiger partial charge on any atom is 0.336 e. The summed E-state index contributed by atoms with van der Waals surface area (Å²) in [5.41, 5.74) is -0.142. The van der Waals surface area contributed by atoms with Crippen LogP contribution in [0.2, 0.25) is 0 Å². The van der Waals surface area contributed by atoms with Gasteiger partial charge in [0.1, 0.15) is 0 Å². The molecule has 88 valence electrons. The van der Waals surface area contributed by atoms with Crippen LogP contribution in [-0.2, 0) is 4.79 Å². The van der Waals surface area contributed by atoms with E-state index in [0.717, 1.165) is 6.08 Å². The summed E-state index contributed by atoms with van der Waals surface area (Å²) in [5.74, 6) is -1.32. The summed E-state index contributed by atoms with van der Waals surface area (Å²) in [6.45, 7) is 0. The topological polar surface area (TPSA) is 104 Å². The van der Waals surface area contributed by atoms with Gasteiger partial charge in [0.2, 0.25) is 0 Å². The molecule has 0 bridgehead atoms. The fourth-order valence-electron chi connectivity index (χ4n) is 1.36. The summed E-state index contributed by atoms with van der Waals surface area (Å²) in [6.07, 6.45) is 4.41. The summed E-state index contributed by atoms with van der Waals surface area (Å²) >= 11 is 5.72. The van der Waals surface area contributed by atoms with E-state index in [4.69, 9.17) is 22.0 Å². The number of hydrogen-bond acceptors (Lipinski definition) is 4. The van der Waals surface area contributed by atoms with Crippen LogP contribution in [0.5, 0.6) is 0 Å². The smallest absolute Gasteiger partial charge is 0.336 e. The van der Waals surface area contributed by atoms with E-state index in [2.05, 4.69) is 0 Å². The molecule has 6 nitrogen and oxygen atoms in total. The van der Waals surface area contributed by atoms with Crippen molar-refractivity contribution in [2.45, 2.75) is 11.4 Å². The minimum atomic E-state index is -1.85. The molecular formula is C10H7ClN2O4. The Labute approximate surface area is 101 Å². The van der Waals surface area contributed by atoms with Gasteiger partial charge in [-0.1, -0.05) is 12.2 Å². The molecule has 0 saturated carbocycles. The minimum Gasteiger partial charge on any atom is -0.478 e. The highest BCUT2D eigenvalue weighted by Crippen LogP contribution is 2.33. The molecule has 1 aliphatic carbocycles. The number of rotatable bonds is 3. The lowest BCUT2D eigenvalue weighted by molar-refractivity contribution is -0.527. The first-order chi connectivity index (χ1) is 7.90. The monoisotopic (exact) mass is 254 g/mol. The first kappa shape index (κ1) is 12.9. The van der Waals surface area contributed by atoms with Crippen LogP contribution in [0.25, 0.3) is 0 Å². The van der Waals surface area contributed by atoms with Crippen LogP contribution in [-0.4, -0.2) is 21.0 Å². The van der Waals surface area contributed by atoms with Gasteiger partial charge in [0.15, 0.2) is 0 Å². The molecule has 0 spiro atoms. The highest BCUT2D eigenvalue weighted by Gasteiger charge is 2.41. The Balaban J connectivity index is 3.11. The lowest BCUT2D eigenvalue weighted by atomic mass is 9.94. The quantitative estimate of drug-likeness (QED) is 0.206. The van der Waals surface area contributed by atoms with Gasteiger partial charge in [-0.25, -0.2) is 4.79 Å². The third-order valence-electron chi connectivity index (χ3n) is 2.18. The second kappa shape index (κ2) is 4.80. The van der Waals surface area contributed by atoms with Crippen LogP contribution in [0.1, 0.15) is 6.42 Å². The second-order valence-corrected chi connectivity index (χ2v) is 3.95. The predicted molar refractivity (Wildman–Crippen MR) is 58.8 cm³/mol. The molecule has 7 heteroatoms. The largest absolute Gasteiger partial charge is 0.478 e. The Hall–Kier alpha value is -2.13. The van der Waals surface area contributed by atoms with E-state index in [1.807, 2.05) is 0 Å². The molecular weight excluding hydrogens is 248 g/mol. The van der Waals surface area contributed by atoms with Gasteiger partial charge in [-0.15, -0.1) is 0 Å². The average Bonchev–Trinajstić information content (AvgIpc) is 2.25. The average molecular weight is 255 g/mol. The van der Waals surface area contributed by atoms with Crippen LogP contribution < -0.4 is 0 Å². The molecule has 1 unspecified atom stereocenters. The number of aliphatic carboxylic acids is 1. The third kappa shape index (κ3) is 2.71. The SMILES string of the molecule is N#CC=C(C(=O)O)C1=CC=CC(Cl)([N+](=O)[O-])C1. The van der Waals surface area contributed by atoms with Crippen molar-refractivity contribution in [3.05, 3.63) is 45.6 Å². The van der Waals surface area contributed by atoms with Crippen molar-refractivity contribution >= 4 is 17.6 Å². The zero-order chi connectivity index (χ0) is 13.1. The molecule has 17 heavy (non-hydrogen) atoms. The van der Waals surface area contributed by atoms with Crippen molar-refractivity contribution < 1.29 is 14.8 Å². The molecule has 0 radical (unpaired) electrons. The molecule has 0 aromatic carbocycles. The number of nitrogens with zero attached hydrogens (tertiary/aromatic N) is 2. The van der Waals surface area contributed by atoms with Crippen LogP contribution in [0.15, 0.2) is 35.5 Å². The van der Waals surface area contributed by atoms with Gasteiger partial charge >= 0.3 is 11.0 Å². The normalized spacial score (nSPS) is 23.8. The Kier molecular flexibility index (Phi) is 3.66. The number of allylic oxidation sites excluding steroid dienone is 3. The Morgan fingerprint density at radius 3 is 2.88 bits per heavy atom. The van der Waals surface area contributed by atoms with Gasteiger partial charge in [-0.2, -0.15) is 5.26 Å². The van der Waals surface area contributed by atoms with Crippen LogP contribution in [0, 0.1) is 21.4 Å². The molecule has 1 atom stereocenters. The number of carbonyl (C=O) groups is 1. The second-order valence-electron chi connectivity index (χ2n) is 3.30. The Bertz CT molecular complexity index is 501. The van der Waals surface area contributed by atoms with Crippen molar-refractivity contribution in [1.29, 1.82) is 5.26 Å². The maximum absolute atomic E-state index is 10.9. The number of nitriles is 1. The first-order valence-electron chi connectivity index (χ1n) is 4.46. The van der Waals surface area contributed by atoms with Gasteiger partial charge in [0.25, 0.3) is 0 Å². The molecule has 0 fully saturated rings. The minimum absolute atomic E-state index is 0.147. The Morgan fingerprint density at radius 1 is 1.76 bits per heavy atom. The Morgan fingerprint density at radius 2 is 2.41 bits per heavy atom. The van der Waals surface area contributed by atoms with E-state index in [1.165, 1.54) is 18.2 Å². The van der Waals surface area contributed by atoms with Crippen molar-refractivity contribution in [3.63, 3.8) is 0 Å². The van der Waals surface area contributed by atoms with Crippen LogP contribution >= 0.6 is 11.6 Å². The van der Waals surface area contributed by atoms with E-state index >= 15 is 0 Å². The van der Waals surface area contributed by atoms with Gasteiger partial charge < -0.3 is 5.11 Å². The zero-order valence-corrected chi connectivity index (χ0v) is 9.22. The lowest BCUT2D eigenvalue weighted by Gasteiger charge is -2.19. The molecule has 1 N–H and O–H groups in total. The highest BCUT2D eigenvalue weighted by molar-refractivity contribution is 6.24. The molecule has 0 heterocycles. The van der Waals surface area contributed by atoms with Crippen molar-refractivity contribution in [1.82, 2.24) is 0 Å². The van der Waals surface area contributed by atoms with Crippen LogP contribution in [0.4, 0.5) is 0 Å². The van der Waals surface area contributed by atoms with E-state index < -0.39 is 15.9 Å². The summed E-state index contributed by atoms with van der Waals surface area (Å²) in [7, 11) is 0.